The first kappa shape index (κ1) is 13.6. The van der Waals surface area contributed by atoms with Gasteiger partial charge in [-0.3, -0.25) is 0 Å². The average molecular weight is 258 g/mol. The van der Waals surface area contributed by atoms with Crippen molar-refractivity contribution in [2.24, 2.45) is 0 Å². The smallest absolute Gasteiger partial charge is 0.127 e. The third kappa shape index (κ3) is 4.09. The van der Waals surface area contributed by atoms with E-state index < -0.39 is 0 Å². The minimum atomic E-state index is 0.0423. The molecule has 0 radical (unpaired) electrons. The maximum absolute atomic E-state index is 8.61. The molecule has 0 unspecified atom stereocenters. The fraction of sp³-hybridized carbons (Fsp3) is 0.250. The van der Waals surface area contributed by atoms with Gasteiger partial charge in [-0.2, -0.15) is 0 Å². The van der Waals surface area contributed by atoms with Gasteiger partial charge in [-0.15, -0.1) is 0 Å². The fourth-order valence-electron chi connectivity index (χ4n) is 1.83. The Labute approximate surface area is 113 Å². The van der Waals surface area contributed by atoms with Crippen LogP contribution < -0.4 is 4.74 Å². The maximum atomic E-state index is 8.61. The van der Waals surface area contributed by atoms with Crippen LogP contribution in [0.1, 0.15) is 0 Å². The van der Waals surface area contributed by atoms with Crippen LogP contribution in [-0.2, 0) is 4.74 Å². The molecular formula is C16H18O3. The van der Waals surface area contributed by atoms with Gasteiger partial charge in [-0.25, -0.2) is 0 Å². The first-order valence-electron chi connectivity index (χ1n) is 6.37. The van der Waals surface area contributed by atoms with Gasteiger partial charge in [0.2, 0.25) is 0 Å². The Balaban J connectivity index is 2.01. The Morgan fingerprint density at radius 1 is 0.789 bits per heavy atom. The summed E-state index contributed by atoms with van der Waals surface area (Å²) in [7, 11) is 0. The summed E-state index contributed by atoms with van der Waals surface area (Å²) in [4.78, 5) is 0. The number of aliphatic hydroxyl groups excluding tert-OH is 1. The zero-order valence-electron chi connectivity index (χ0n) is 10.8. The molecule has 0 saturated carbocycles. The van der Waals surface area contributed by atoms with E-state index in [4.69, 9.17) is 14.6 Å². The third-order valence-corrected chi connectivity index (χ3v) is 2.69. The molecule has 0 saturated heterocycles. The first-order chi connectivity index (χ1) is 9.42. The van der Waals surface area contributed by atoms with E-state index in [0.29, 0.717) is 19.8 Å². The van der Waals surface area contributed by atoms with E-state index in [1.807, 2.05) is 42.5 Å². The van der Waals surface area contributed by atoms with Crippen molar-refractivity contribution >= 4 is 0 Å². The van der Waals surface area contributed by atoms with Crippen molar-refractivity contribution in [3.8, 4) is 16.9 Å². The summed E-state index contributed by atoms with van der Waals surface area (Å²) in [6.45, 7) is 1.35. The Hall–Kier alpha value is -1.84. The second-order valence-corrected chi connectivity index (χ2v) is 4.05. The minimum absolute atomic E-state index is 0.0423. The van der Waals surface area contributed by atoms with E-state index >= 15 is 0 Å². The third-order valence-electron chi connectivity index (χ3n) is 2.69. The van der Waals surface area contributed by atoms with Crippen LogP contribution in [0.3, 0.4) is 0 Å². The molecule has 0 heterocycles. The lowest BCUT2D eigenvalue weighted by molar-refractivity contribution is 0.0706. The van der Waals surface area contributed by atoms with Crippen molar-refractivity contribution in [3.05, 3.63) is 54.6 Å². The summed E-state index contributed by atoms with van der Waals surface area (Å²) < 4.78 is 10.9. The molecule has 2 rings (SSSR count). The number of para-hydroxylation sites is 1. The predicted molar refractivity (Wildman–Crippen MR) is 75.3 cm³/mol. The standard InChI is InChI=1S/C16H18O3/c17-10-11-18-12-13-19-16-9-5-4-8-15(16)14-6-2-1-3-7-14/h1-9,17H,10-13H2. The van der Waals surface area contributed by atoms with E-state index in [1.54, 1.807) is 0 Å². The van der Waals surface area contributed by atoms with Crippen LogP contribution in [-0.4, -0.2) is 31.5 Å². The molecule has 1 N–H and O–H groups in total. The molecule has 0 aromatic heterocycles. The van der Waals surface area contributed by atoms with Crippen LogP contribution >= 0.6 is 0 Å². The zero-order valence-corrected chi connectivity index (χ0v) is 10.8. The summed E-state index contributed by atoms with van der Waals surface area (Å²) in [5.74, 6) is 0.848. The van der Waals surface area contributed by atoms with Crippen molar-refractivity contribution in [2.45, 2.75) is 0 Å². The molecule has 2 aromatic carbocycles. The second kappa shape index (κ2) is 7.56. The highest BCUT2D eigenvalue weighted by molar-refractivity contribution is 5.70. The highest BCUT2D eigenvalue weighted by Gasteiger charge is 2.04. The van der Waals surface area contributed by atoms with Crippen LogP contribution in [0.15, 0.2) is 54.6 Å². The molecule has 0 aliphatic rings. The van der Waals surface area contributed by atoms with Crippen LogP contribution in [0.2, 0.25) is 0 Å². The molecule has 2 aromatic rings. The lowest BCUT2D eigenvalue weighted by Gasteiger charge is -2.11. The average Bonchev–Trinajstić information content (AvgIpc) is 2.48. The monoisotopic (exact) mass is 258 g/mol. The number of benzene rings is 2. The van der Waals surface area contributed by atoms with E-state index in [1.165, 1.54) is 0 Å². The van der Waals surface area contributed by atoms with Gasteiger partial charge in [-0.05, 0) is 11.6 Å². The molecule has 0 aliphatic heterocycles. The maximum Gasteiger partial charge on any atom is 0.127 e. The summed E-state index contributed by atoms with van der Waals surface area (Å²) in [6, 6.07) is 18.1. The van der Waals surface area contributed by atoms with Gasteiger partial charge < -0.3 is 14.6 Å². The topological polar surface area (TPSA) is 38.7 Å². The van der Waals surface area contributed by atoms with E-state index in [0.717, 1.165) is 16.9 Å². The number of ether oxygens (including phenoxy) is 2. The van der Waals surface area contributed by atoms with Crippen LogP contribution in [0.4, 0.5) is 0 Å². The highest BCUT2D eigenvalue weighted by Crippen LogP contribution is 2.29. The second-order valence-electron chi connectivity index (χ2n) is 4.05. The molecule has 0 fully saturated rings. The SMILES string of the molecule is OCCOCCOc1ccccc1-c1ccccc1. The molecule has 0 bridgehead atoms. The van der Waals surface area contributed by atoms with Crippen molar-refractivity contribution in [3.63, 3.8) is 0 Å². The van der Waals surface area contributed by atoms with Crippen molar-refractivity contribution in [1.82, 2.24) is 0 Å². The fourth-order valence-corrected chi connectivity index (χ4v) is 1.83. The van der Waals surface area contributed by atoms with Crippen molar-refractivity contribution < 1.29 is 14.6 Å². The molecule has 3 heteroatoms. The van der Waals surface area contributed by atoms with Crippen molar-refractivity contribution in [2.75, 3.05) is 26.4 Å². The lowest BCUT2D eigenvalue weighted by atomic mass is 10.1. The zero-order chi connectivity index (χ0) is 13.3. The van der Waals surface area contributed by atoms with Crippen LogP contribution in [0, 0.1) is 0 Å². The number of rotatable bonds is 7. The number of hydrogen-bond acceptors (Lipinski definition) is 3. The van der Waals surface area contributed by atoms with Gasteiger partial charge in [0.05, 0.1) is 19.8 Å². The Bertz CT molecular complexity index is 482. The first-order valence-corrected chi connectivity index (χ1v) is 6.37. The van der Waals surface area contributed by atoms with Crippen LogP contribution in [0.25, 0.3) is 11.1 Å². The van der Waals surface area contributed by atoms with E-state index in [2.05, 4.69) is 12.1 Å². The Morgan fingerprint density at radius 3 is 2.32 bits per heavy atom. The van der Waals surface area contributed by atoms with E-state index in [-0.39, 0.29) is 6.61 Å². The highest BCUT2D eigenvalue weighted by atomic mass is 16.5. The molecular weight excluding hydrogens is 240 g/mol. The van der Waals surface area contributed by atoms with Gasteiger partial charge >= 0.3 is 0 Å². The number of hydrogen-bond donors (Lipinski definition) is 1. The molecule has 3 nitrogen and oxygen atoms in total. The molecule has 0 spiro atoms. The van der Waals surface area contributed by atoms with Gasteiger partial charge in [0.1, 0.15) is 12.4 Å². The summed E-state index contributed by atoms with van der Waals surface area (Å²) >= 11 is 0. The van der Waals surface area contributed by atoms with Gasteiger partial charge in [0.15, 0.2) is 0 Å². The Kier molecular flexibility index (Phi) is 5.41. The number of aliphatic hydroxyl groups is 1. The van der Waals surface area contributed by atoms with Gasteiger partial charge in [-0.1, -0.05) is 48.5 Å². The Morgan fingerprint density at radius 2 is 1.53 bits per heavy atom. The molecule has 0 atom stereocenters. The van der Waals surface area contributed by atoms with E-state index in [9.17, 15) is 0 Å². The van der Waals surface area contributed by atoms with Crippen LogP contribution in [0.5, 0.6) is 5.75 Å². The summed E-state index contributed by atoms with van der Waals surface area (Å²) in [5.41, 5.74) is 2.21. The lowest BCUT2D eigenvalue weighted by Crippen LogP contribution is -2.09. The summed E-state index contributed by atoms with van der Waals surface area (Å²) in [5, 5.41) is 8.61. The predicted octanol–water partition coefficient (Wildman–Crippen LogP) is 2.74. The quantitative estimate of drug-likeness (QED) is 0.776. The normalized spacial score (nSPS) is 10.4. The largest absolute Gasteiger partial charge is 0.491 e. The molecule has 19 heavy (non-hydrogen) atoms. The molecule has 0 aliphatic carbocycles. The van der Waals surface area contributed by atoms with Gasteiger partial charge in [0.25, 0.3) is 0 Å². The van der Waals surface area contributed by atoms with Crippen molar-refractivity contribution in [1.29, 1.82) is 0 Å². The van der Waals surface area contributed by atoms with Gasteiger partial charge in [0, 0.05) is 5.56 Å². The minimum Gasteiger partial charge on any atom is -0.491 e. The molecule has 100 valence electrons. The summed E-state index contributed by atoms with van der Waals surface area (Å²) in [6.07, 6.45) is 0. The molecule has 0 amide bonds.